The highest BCUT2D eigenvalue weighted by Crippen LogP contribution is 2.29. The van der Waals surface area contributed by atoms with Gasteiger partial charge in [-0.1, -0.05) is 35.5 Å². The molecule has 0 saturated carbocycles. The maximum absolute atomic E-state index is 12.9. The second-order valence-electron chi connectivity index (χ2n) is 6.92. The molecule has 4 rings (SSSR count). The van der Waals surface area contributed by atoms with Crippen LogP contribution in [-0.4, -0.2) is 14.0 Å². The highest BCUT2D eigenvalue weighted by molar-refractivity contribution is 7.15. The molecule has 0 saturated heterocycles. The zero-order valence-electron chi connectivity index (χ0n) is 16.2. The van der Waals surface area contributed by atoms with Gasteiger partial charge in [-0.3, -0.25) is 9.59 Å². The number of aryl methyl sites for hydroxylation is 2. The smallest absolute Gasteiger partial charge is 0.277 e. The Morgan fingerprint density at radius 2 is 1.93 bits per heavy atom. The van der Waals surface area contributed by atoms with E-state index in [0.29, 0.717) is 27.3 Å². The quantitative estimate of drug-likeness (QED) is 0.495. The third-order valence-corrected chi connectivity index (χ3v) is 6.22. The molecule has 5 nitrogen and oxygen atoms in total. The molecule has 3 aromatic heterocycles. The minimum absolute atomic E-state index is 0.300. The molecule has 140 valence electrons. The number of hydrogen-bond donors (Lipinski definition) is 0. The van der Waals surface area contributed by atoms with E-state index in [9.17, 15) is 9.59 Å². The maximum Gasteiger partial charge on any atom is 0.277 e. The van der Waals surface area contributed by atoms with Crippen molar-refractivity contribution in [2.45, 2.75) is 34.2 Å². The van der Waals surface area contributed by atoms with Crippen LogP contribution in [-0.2, 0) is 6.54 Å². The molecule has 0 bridgehead atoms. The summed E-state index contributed by atoms with van der Waals surface area (Å²) in [6.45, 7) is 7.98. The van der Waals surface area contributed by atoms with Gasteiger partial charge in [-0.2, -0.15) is 0 Å². The van der Waals surface area contributed by atoms with Crippen molar-refractivity contribution >= 4 is 33.3 Å². The Morgan fingerprint density at radius 3 is 2.64 bits per heavy atom. The number of nitrogens with zero attached hydrogens (tertiary/aromatic N) is 3. The van der Waals surface area contributed by atoms with E-state index in [4.69, 9.17) is 6.42 Å². The van der Waals surface area contributed by atoms with Crippen LogP contribution in [0.1, 0.15) is 28.1 Å². The molecule has 0 unspecified atom stereocenters. The lowest BCUT2D eigenvalue weighted by atomic mass is 10.1. The van der Waals surface area contributed by atoms with Gasteiger partial charge in [0, 0.05) is 27.9 Å². The van der Waals surface area contributed by atoms with Crippen LogP contribution in [0.5, 0.6) is 0 Å². The summed E-state index contributed by atoms with van der Waals surface area (Å²) in [5.41, 5.74) is 4.65. The summed E-state index contributed by atoms with van der Waals surface area (Å²) in [4.78, 5) is 30.3. The summed E-state index contributed by atoms with van der Waals surface area (Å²) in [5.74, 6) is 2.71. The van der Waals surface area contributed by atoms with Gasteiger partial charge in [-0.05, 0) is 39.3 Å². The second kappa shape index (κ2) is 6.47. The fourth-order valence-electron chi connectivity index (χ4n) is 3.62. The molecule has 0 radical (unpaired) electrons. The molecule has 0 amide bonds. The van der Waals surface area contributed by atoms with Gasteiger partial charge in [-0.25, -0.2) is 9.38 Å². The highest BCUT2D eigenvalue weighted by atomic mass is 32.1. The van der Waals surface area contributed by atoms with Crippen LogP contribution in [0.15, 0.2) is 27.8 Å². The monoisotopic (exact) mass is 389 g/mol. The molecule has 4 aromatic rings. The van der Waals surface area contributed by atoms with Crippen LogP contribution in [0.25, 0.3) is 21.9 Å². The minimum Gasteiger partial charge on any atom is -0.332 e. The normalized spacial score (nSPS) is 12.2. The molecular formula is C22H19N3O2S. The summed E-state index contributed by atoms with van der Waals surface area (Å²) in [5, 5.41) is 1.04. The Balaban J connectivity index is 2.12. The Hall–Kier alpha value is -3.17. The summed E-state index contributed by atoms with van der Waals surface area (Å²) in [6.07, 6.45) is 7.43. The first-order chi connectivity index (χ1) is 13.3. The number of terminal acetylenes is 1. The van der Waals surface area contributed by atoms with Gasteiger partial charge in [0.25, 0.3) is 11.1 Å². The van der Waals surface area contributed by atoms with Crippen LogP contribution < -0.4 is 15.7 Å². The fraction of sp³-hybridized carbons (Fsp3) is 0.227. The molecule has 0 N–H and O–H groups in total. The van der Waals surface area contributed by atoms with Crippen molar-refractivity contribution in [2.24, 2.45) is 0 Å². The standard InChI is InChI=1S/C22H19N3O2S/c1-6-10-24-15(5)17(16-9-7-8-12(2)19(16)24)11-18-21(27)25-20(26)13(3)14(4)23-22(25)28-18/h1,7-9,11H,10H2,2-5H3/b18-11-. The SMILES string of the molecule is C#CCn1c(C)c(/C=c2\sc3nc(C)c(C)c(=O)n3c2=O)c2cccc(C)c21. The molecule has 6 heteroatoms. The molecular weight excluding hydrogens is 370 g/mol. The Labute approximate surface area is 165 Å². The van der Waals surface area contributed by atoms with E-state index in [-0.39, 0.29) is 11.1 Å². The number of hydrogen-bond acceptors (Lipinski definition) is 4. The van der Waals surface area contributed by atoms with Gasteiger partial charge in [0.15, 0.2) is 0 Å². The van der Waals surface area contributed by atoms with Crippen LogP contribution in [0.4, 0.5) is 0 Å². The molecule has 3 heterocycles. The Bertz CT molecular complexity index is 1480. The molecule has 0 atom stereocenters. The molecule has 0 fully saturated rings. The first-order valence-corrected chi connectivity index (χ1v) is 9.73. The van der Waals surface area contributed by atoms with Crippen LogP contribution >= 0.6 is 11.3 Å². The van der Waals surface area contributed by atoms with E-state index in [2.05, 4.69) is 15.5 Å². The predicted molar refractivity (Wildman–Crippen MR) is 114 cm³/mol. The summed E-state index contributed by atoms with van der Waals surface area (Å²) >= 11 is 1.23. The summed E-state index contributed by atoms with van der Waals surface area (Å²) in [6, 6.07) is 6.08. The van der Waals surface area contributed by atoms with E-state index in [0.717, 1.165) is 27.7 Å². The number of para-hydroxylation sites is 1. The van der Waals surface area contributed by atoms with Gasteiger partial charge in [0.05, 0.1) is 16.6 Å². The maximum atomic E-state index is 12.9. The first-order valence-electron chi connectivity index (χ1n) is 8.91. The lowest BCUT2D eigenvalue weighted by Crippen LogP contribution is -2.32. The number of thiazole rings is 1. The average Bonchev–Trinajstić information content (AvgIpc) is 3.10. The van der Waals surface area contributed by atoms with Crippen molar-refractivity contribution < 1.29 is 0 Å². The molecule has 1 aromatic carbocycles. The van der Waals surface area contributed by atoms with Crippen LogP contribution in [0.2, 0.25) is 0 Å². The minimum atomic E-state index is -0.328. The topological polar surface area (TPSA) is 56.4 Å². The zero-order chi connectivity index (χ0) is 20.2. The lowest BCUT2D eigenvalue weighted by Gasteiger charge is -2.05. The van der Waals surface area contributed by atoms with Crippen molar-refractivity contribution in [3.8, 4) is 12.3 Å². The van der Waals surface area contributed by atoms with E-state index >= 15 is 0 Å². The van der Waals surface area contributed by atoms with Crippen LogP contribution in [0.3, 0.4) is 0 Å². The fourth-order valence-corrected chi connectivity index (χ4v) is 4.61. The van der Waals surface area contributed by atoms with Crippen LogP contribution in [0, 0.1) is 40.0 Å². The van der Waals surface area contributed by atoms with Crippen molar-refractivity contribution in [2.75, 3.05) is 0 Å². The highest BCUT2D eigenvalue weighted by Gasteiger charge is 2.16. The number of benzene rings is 1. The number of rotatable bonds is 2. The largest absolute Gasteiger partial charge is 0.332 e. The number of aromatic nitrogens is 3. The van der Waals surface area contributed by atoms with Gasteiger partial charge < -0.3 is 4.57 Å². The van der Waals surface area contributed by atoms with Gasteiger partial charge in [0.2, 0.25) is 4.96 Å². The zero-order valence-corrected chi connectivity index (χ0v) is 17.0. The molecule has 0 aliphatic heterocycles. The molecule has 28 heavy (non-hydrogen) atoms. The van der Waals surface area contributed by atoms with Crippen molar-refractivity contribution in [3.05, 3.63) is 71.5 Å². The predicted octanol–water partition coefficient (Wildman–Crippen LogP) is 2.49. The lowest BCUT2D eigenvalue weighted by molar-refractivity contribution is 0.843. The number of fused-ring (bicyclic) bond motifs is 2. The van der Waals surface area contributed by atoms with Crippen molar-refractivity contribution in [1.82, 2.24) is 14.0 Å². The third kappa shape index (κ3) is 2.51. The first kappa shape index (κ1) is 18.2. The van der Waals surface area contributed by atoms with E-state index in [1.54, 1.807) is 13.8 Å². The van der Waals surface area contributed by atoms with Crippen molar-refractivity contribution in [1.29, 1.82) is 0 Å². The van der Waals surface area contributed by atoms with Gasteiger partial charge >= 0.3 is 0 Å². The van der Waals surface area contributed by atoms with Gasteiger partial charge in [0.1, 0.15) is 0 Å². The van der Waals surface area contributed by atoms with E-state index in [1.165, 1.54) is 15.7 Å². The molecule has 0 aliphatic carbocycles. The van der Waals surface area contributed by atoms with Crippen molar-refractivity contribution in [3.63, 3.8) is 0 Å². The Kier molecular flexibility index (Phi) is 4.20. The average molecular weight is 389 g/mol. The van der Waals surface area contributed by atoms with E-state index in [1.807, 2.05) is 38.1 Å². The molecule has 0 aliphatic rings. The third-order valence-electron chi connectivity index (χ3n) is 5.25. The summed E-state index contributed by atoms with van der Waals surface area (Å²) < 4.78 is 3.74. The Morgan fingerprint density at radius 1 is 1.18 bits per heavy atom. The molecule has 0 spiro atoms. The van der Waals surface area contributed by atoms with Gasteiger partial charge in [-0.15, -0.1) is 6.42 Å². The summed E-state index contributed by atoms with van der Waals surface area (Å²) in [7, 11) is 0. The van der Waals surface area contributed by atoms with E-state index < -0.39 is 0 Å². The second-order valence-corrected chi connectivity index (χ2v) is 7.93.